The Morgan fingerprint density at radius 1 is 1.06 bits per heavy atom. The molecule has 31 heavy (non-hydrogen) atoms. The van der Waals surface area contributed by atoms with Gasteiger partial charge < -0.3 is 9.64 Å². The maximum atomic E-state index is 12.9. The molecule has 1 aliphatic rings. The molecule has 0 spiro atoms. The van der Waals surface area contributed by atoms with Crippen molar-refractivity contribution in [2.75, 3.05) is 26.3 Å². The van der Waals surface area contributed by atoms with Crippen LogP contribution in [-0.4, -0.2) is 52.3 Å². The number of aryl methyl sites for hydroxylation is 1. The molecule has 3 heterocycles. The quantitative estimate of drug-likeness (QED) is 0.542. The summed E-state index contributed by atoms with van der Waals surface area (Å²) in [5.74, 6) is 0.0417. The van der Waals surface area contributed by atoms with Crippen molar-refractivity contribution in [1.82, 2.24) is 20.1 Å². The van der Waals surface area contributed by atoms with Crippen LogP contribution in [0.2, 0.25) is 0 Å². The summed E-state index contributed by atoms with van der Waals surface area (Å²) in [5, 5.41) is 8.59. The molecule has 5 rings (SSSR count). The van der Waals surface area contributed by atoms with Crippen LogP contribution in [0.3, 0.4) is 0 Å². The van der Waals surface area contributed by atoms with Gasteiger partial charge in [0.25, 0.3) is 5.91 Å². The number of aromatic amines is 1. The third-order valence-corrected chi connectivity index (χ3v) is 5.81. The smallest absolute Gasteiger partial charge is 0.254 e. The highest BCUT2D eigenvalue weighted by Crippen LogP contribution is 2.31. The number of nitrogens with one attached hydrogen (secondary N) is 1. The molecule has 2 aromatic heterocycles. The first kappa shape index (κ1) is 19.5. The molecule has 2 aromatic carbocycles. The van der Waals surface area contributed by atoms with E-state index in [0.29, 0.717) is 31.9 Å². The Bertz CT molecular complexity index is 1240. The number of fused-ring (bicyclic) bond motifs is 1. The average Bonchev–Trinajstić information content (AvgIpc) is 3.27. The summed E-state index contributed by atoms with van der Waals surface area (Å²) >= 11 is 0. The van der Waals surface area contributed by atoms with E-state index in [-0.39, 0.29) is 5.91 Å². The van der Waals surface area contributed by atoms with Crippen molar-refractivity contribution in [3.63, 3.8) is 0 Å². The first-order valence-corrected chi connectivity index (χ1v) is 10.6. The van der Waals surface area contributed by atoms with Crippen LogP contribution in [0.15, 0.2) is 60.8 Å². The van der Waals surface area contributed by atoms with E-state index in [1.807, 2.05) is 41.4 Å². The molecule has 1 aliphatic heterocycles. The lowest BCUT2D eigenvalue weighted by Gasteiger charge is -2.27. The largest absolute Gasteiger partial charge is 0.378 e. The van der Waals surface area contributed by atoms with Gasteiger partial charge in [-0.25, -0.2) is 4.98 Å². The molecule has 4 aromatic rings. The van der Waals surface area contributed by atoms with Gasteiger partial charge in [-0.15, -0.1) is 0 Å². The number of hydrogen-bond donors (Lipinski definition) is 1. The fourth-order valence-electron chi connectivity index (χ4n) is 4.11. The zero-order valence-corrected chi connectivity index (χ0v) is 17.5. The highest BCUT2D eigenvalue weighted by Gasteiger charge is 2.19. The molecular formula is C25H24N4O2. The van der Waals surface area contributed by atoms with E-state index < -0.39 is 0 Å². The third-order valence-electron chi connectivity index (χ3n) is 5.81. The SMILES string of the molecule is CCc1ccccc1-c1n[nH]c2ncc(-c3cccc(C(=O)N4CCOCC4)c3)cc12. The number of morpholine rings is 1. The zero-order valence-electron chi connectivity index (χ0n) is 17.5. The van der Waals surface area contributed by atoms with Gasteiger partial charge in [0.2, 0.25) is 0 Å². The maximum absolute atomic E-state index is 12.9. The number of pyridine rings is 1. The number of hydrogen-bond acceptors (Lipinski definition) is 4. The summed E-state index contributed by atoms with van der Waals surface area (Å²) in [6, 6.07) is 18.2. The molecule has 1 amide bonds. The van der Waals surface area contributed by atoms with Gasteiger partial charge in [-0.3, -0.25) is 9.89 Å². The van der Waals surface area contributed by atoms with Gasteiger partial charge in [0, 0.05) is 41.4 Å². The minimum Gasteiger partial charge on any atom is -0.378 e. The maximum Gasteiger partial charge on any atom is 0.254 e. The number of benzene rings is 2. The van der Waals surface area contributed by atoms with Crippen molar-refractivity contribution in [3.05, 3.63) is 71.9 Å². The van der Waals surface area contributed by atoms with Crippen LogP contribution in [0.4, 0.5) is 0 Å². The van der Waals surface area contributed by atoms with E-state index in [9.17, 15) is 4.79 Å². The molecule has 0 radical (unpaired) electrons. The minimum absolute atomic E-state index is 0.0417. The predicted octanol–water partition coefficient (Wildman–Crippen LogP) is 4.33. The molecule has 0 bridgehead atoms. The van der Waals surface area contributed by atoms with Crippen LogP contribution < -0.4 is 0 Å². The Morgan fingerprint density at radius 2 is 1.90 bits per heavy atom. The van der Waals surface area contributed by atoms with Crippen molar-refractivity contribution >= 4 is 16.9 Å². The van der Waals surface area contributed by atoms with Crippen LogP contribution in [-0.2, 0) is 11.2 Å². The highest BCUT2D eigenvalue weighted by molar-refractivity contribution is 5.97. The first-order valence-electron chi connectivity index (χ1n) is 10.6. The molecule has 0 saturated carbocycles. The van der Waals surface area contributed by atoms with E-state index in [0.717, 1.165) is 39.8 Å². The lowest BCUT2D eigenvalue weighted by Crippen LogP contribution is -2.40. The zero-order chi connectivity index (χ0) is 21.2. The molecule has 156 valence electrons. The van der Waals surface area contributed by atoms with E-state index in [1.165, 1.54) is 5.56 Å². The molecule has 0 atom stereocenters. The van der Waals surface area contributed by atoms with Gasteiger partial charge in [-0.2, -0.15) is 5.10 Å². The summed E-state index contributed by atoms with van der Waals surface area (Å²) in [5.41, 5.74) is 6.63. The molecule has 6 nitrogen and oxygen atoms in total. The number of carbonyl (C=O) groups is 1. The standard InChI is InChI=1S/C25H24N4O2/c1-2-17-6-3-4-9-21(17)23-22-15-20(16-26-24(22)28-27-23)18-7-5-8-19(14-18)25(30)29-10-12-31-13-11-29/h3-9,14-16H,2,10-13H2,1H3,(H,26,27,28). The van der Waals surface area contributed by atoms with Gasteiger partial charge in [0.15, 0.2) is 5.65 Å². The number of rotatable bonds is 4. The van der Waals surface area contributed by atoms with Gasteiger partial charge in [-0.1, -0.05) is 43.3 Å². The van der Waals surface area contributed by atoms with Crippen molar-refractivity contribution in [1.29, 1.82) is 0 Å². The van der Waals surface area contributed by atoms with Gasteiger partial charge in [0.05, 0.1) is 13.2 Å². The molecular weight excluding hydrogens is 388 g/mol. The molecule has 1 N–H and O–H groups in total. The van der Waals surface area contributed by atoms with Crippen LogP contribution in [0.5, 0.6) is 0 Å². The van der Waals surface area contributed by atoms with Gasteiger partial charge >= 0.3 is 0 Å². The molecule has 0 aliphatic carbocycles. The Morgan fingerprint density at radius 3 is 2.74 bits per heavy atom. The fraction of sp³-hybridized carbons (Fsp3) is 0.240. The number of carbonyl (C=O) groups excluding carboxylic acids is 1. The average molecular weight is 412 g/mol. The Hall–Kier alpha value is -3.51. The number of amides is 1. The van der Waals surface area contributed by atoms with Crippen molar-refractivity contribution in [3.8, 4) is 22.4 Å². The van der Waals surface area contributed by atoms with Crippen molar-refractivity contribution in [2.45, 2.75) is 13.3 Å². The minimum atomic E-state index is 0.0417. The number of nitrogens with zero attached hydrogens (tertiary/aromatic N) is 3. The molecule has 1 fully saturated rings. The second-order valence-electron chi connectivity index (χ2n) is 7.69. The lowest BCUT2D eigenvalue weighted by molar-refractivity contribution is 0.0303. The third kappa shape index (κ3) is 3.70. The lowest BCUT2D eigenvalue weighted by atomic mass is 9.99. The van der Waals surface area contributed by atoms with Crippen molar-refractivity contribution < 1.29 is 9.53 Å². The second-order valence-corrected chi connectivity index (χ2v) is 7.69. The Labute approximate surface area is 180 Å². The summed E-state index contributed by atoms with van der Waals surface area (Å²) < 4.78 is 5.37. The number of H-pyrrole nitrogens is 1. The summed E-state index contributed by atoms with van der Waals surface area (Å²) in [4.78, 5) is 19.3. The Kier molecular flexibility index (Phi) is 5.22. The van der Waals surface area contributed by atoms with E-state index in [4.69, 9.17) is 4.74 Å². The number of aromatic nitrogens is 3. The van der Waals surface area contributed by atoms with Gasteiger partial charge in [-0.05, 0) is 35.7 Å². The predicted molar refractivity (Wildman–Crippen MR) is 121 cm³/mol. The second kappa shape index (κ2) is 8.32. The van der Waals surface area contributed by atoms with Crippen LogP contribution in [0.1, 0.15) is 22.8 Å². The van der Waals surface area contributed by atoms with E-state index >= 15 is 0 Å². The highest BCUT2D eigenvalue weighted by atomic mass is 16.5. The number of ether oxygens (including phenoxy) is 1. The van der Waals surface area contributed by atoms with Crippen molar-refractivity contribution in [2.24, 2.45) is 0 Å². The summed E-state index contributed by atoms with van der Waals surface area (Å²) in [6.07, 6.45) is 2.76. The summed E-state index contributed by atoms with van der Waals surface area (Å²) in [7, 11) is 0. The molecule has 6 heteroatoms. The fourth-order valence-corrected chi connectivity index (χ4v) is 4.11. The van der Waals surface area contributed by atoms with Crippen LogP contribution in [0, 0.1) is 0 Å². The summed E-state index contributed by atoms with van der Waals surface area (Å²) in [6.45, 7) is 4.59. The van der Waals surface area contributed by atoms with Gasteiger partial charge in [0.1, 0.15) is 5.69 Å². The Balaban J connectivity index is 1.53. The monoisotopic (exact) mass is 412 g/mol. The molecule has 0 unspecified atom stereocenters. The first-order chi connectivity index (χ1) is 15.2. The van der Waals surface area contributed by atoms with Crippen LogP contribution in [0.25, 0.3) is 33.4 Å². The topological polar surface area (TPSA) is 71.1 Å². The molecule has 1 saturated heterocycles. The van der Waals surface area contributed by atoms with E-state index in [1.54, 1.807) is 0 Å². The normalized spacial score (nSPS) is 14.2. The van der Waals surface area contributed by atoms with Crippen LogP contribution >= 0.6 is 0 Å². The van der Waals surface area contributed by atoms with E-state index in [2.05, 4.69) is 46.4 Å².